The van der Waals surface area contributed by atoms with E-state index in [1.165, 1.54) is 25.7 Å². The number of ether oxygens (including phenoxy) is 1. The molecule has 3 N–H and O–H groups in total. The summed E-state index contributed by atoms with van der Waals surface area (Å²) in [6.07, 6.45) is 4.89. The van der Waals surface area contributed by atoms with E-state index in [4.69, 9.17) is 4.74 Å². The van der Waals surface area contributed by atoms with Crippen molar-refractivity contribution in [3.63, 3.8) is 0 Å². The molecule has 1 aliphatic carbocycles. The number of hydrogen-bond acceptors (Lipinski definition) is 3. The lowest BCUT2D eigenvalue weighted by molar-refractivity contribution is -0.119. The summed E-state index contributed by atoms with van der Waals surface area (Å²) in [6, 6.07) is 0.458. The van der Waals surface area contributed by atoms with E-state index in [0.29, 0.717) is 19.2 Å². The van der Waals surface area contributed by atoms with Crippen LogP contribution in [0.4, 0.5) is 0 Å². The van der Waals surface area contributed by atoms with Gasteiger partial charge in [0.05, 0.1) is 6.61 Å². The Morgan fingerprint density at radius 1 is 1.22 bits per heavy atom. The molecule has 0 aromatic carbocycles. The number of carbonyl (C=O) groups is 1. The fraction of sp³-hybridized carbons (Fsp3) is 0.882. The van der Waals surface area contributed by atoms with Crippen LogP contribution in [0.3, 0.4) is 0 Å². The number of rotatable bonds is 8. The van der Waals surface area contributed by atoms with Crippen LogP contribution >= 0.6 is 0 Å². The number of hydrogen-bond donors (Lipinski definition) is 3. The minimum Gasteiger partial charge on any atom is -0.383 e. The van der Waals surface area contributed by atoms with Crippen molar-refractivity contribution >= 4 is 11.9 Å². The van der Waals surface area contributed by atoms with E-state index < -0.39 is 0 Å². The van der Waals surface area contributed by atoms with E-state index in [0.717, 1.165) is 24.3 Å². The normalized spacial score (nSPS) is 22.0. The van der Waals surface area contributed by atoms with Crippen LogP contribution in [0.25, 0.3) is 0 Å². The molecule has 0 aliphatic heterocycles. The zero-order valence-electron chi connectivity index (χ0n) is 15.2. The Bertz CT molecular complexity index is 364. The minimum atomic E-state index is -0.0808. The average molecular weight is 326 g/mol. The van der Waals surface area contributed by atoms with Gasteiger partial charge in [0.2, 0.25) is 5.91 Å². The Morgan fingerprint density at radius 3 is 2.48 bits per heavy atom. The zero-order chi connectivity index (χ0) is 17.1. The smallest absolute Gasteiger partial charge is 0.241 e. The molecular formula is C17H34N4O2. The fourth-order valence-corrected chi connectivity index (χ4v) is 2.94. The first-order valence-electron chi connectivity index (χ1n) is 8.87. The molecule has 1 rings (SSSR count). The van der Waals surface area contributed by atoms with Gasteiger partial charge in [-0.25, -0.2) is 4.99 Å². The fourth-order valence-electron chi connectivity index (χ4n) is 2.94. The number of nitrogens with one attached hydrogen (secondary N) is 3. The van der Waals surface area contributed by atoms with Crippen LogP contribution in [0.1, 0.15) is 46.5 Å². The van der Waals surface area contributed by atoms with Crippen molar-refractivity contribution in [2.45, 2.75) is 52.5 Å². The molecule has 1 saturated carbocycles. The Morgan fingerprint density at radius 2 is 1.91 bits per heavy atom. The molecule has 0 aromatic rings. The second-order valence-electron chi connectivity index (χ2n) is 6.54. The topological polar surface area (TPSA) is 74.8 Å². The first kappa shape index (κ1) is 19.7. The summed E-state index contributed by atoms with van der Waals surface area (Å²) in [6.45, 7) is 8.63. The second-order valence-corrected chi connectivity index (χ2v) is 6.54. The SMILES string of the molecule is CCNC(=NCC(=O)NCCOC)NC1CCC(C(C)C)CC1. The van der Waals surface area contributed by atoms with Crippen molar-refractivity contribution in [1.82, 2.24) is 16.0 Å². The van der Waals surface area contributed by atoms with E-state index in [2.05, 4.69) is 34.8 Å². The largest absolute Gasteiger partial charge is 0.383 e. The van der Waals surface area contributed by atoms with Crippen LogP contribution in [0.15, 0.2) is 4.99 Å². The first-order valence-corrected chi connectivity index (χ1v) is 8.87. The average Bonchev–Trinajstić information content (AvgIpc) is 2.53. The van der Waals surface area contributed by atoms with E-state index in [1.54, 1.807) is 7.11 Å². The van der Waals surface area contributed by atoms with Crippen LogP contribution in [0, 0.1) is 11.8 Å². The molecule has 0 spiro atoms. The number of aliphatic imine (C=N–C) groups is 1. The Balaban J connectivity index is 2.39. The third-order valence-electron chi connectivity index (χ3n) is 4.41. The Kier molecular flexibility index (Phi) is 9.67. The van der Waals surface area contributed by atoms with E-state index in [-0.39, 0.29) is 12.5 Å². The molecule has 0 aromatic heterocycles. The van der Waals surface area contributed by atoms with Crippen LogP contribution in [0.2, 0.25) is 0 Å². The summed E-state index contributed by atoms with van der Waals surface area (Å²) >= 11 is 0. The lowest BCUT2D eigenvalue weighted by Gasteiger charge is -2.32. The molecule has 0 saturated heterocycles. The van der Waals surface area contributed by atoms with Crippen molar-refractivity contribution < 1.29 is 9.53 Å². The molecule has 0 bridgehead atoms. The van der Waals surface area contributed by atoms with Crippen LogP contribution < -0.4 is 16.0 Å². The summed E-state index contributed by atoms with van der Waals surface area (Å²) < 4.78 is 4.91. The van der Waals surface area contributed by atoms with Gasteiger partial charge in [0.25, 0.3) is 0 Å². The number of guanidine groups is 1. The zero-order valence-corrected chi connectivity index (χ0v) is 15.2. The van der Waals surface area contributed by atoms with Gasteiger partial charge in [0.1, 0.15) is 6.54 Å². The minimum absolute atomic E-state index is 0.0808. The van der Waals surface area contributed by atoms with Crippen molar-refractivity contribution in [3.8, 4) is 0 Å². The van der Waals surface area contributed by atoms with Crippen LogP contribution in [-0.2, 0) is 9.53 Å². The summed E-state index contributed by atoms with van der Waals surface area (Å²) in [5, 5.41) is 9.47. The maximum absolute atomic E-state index is 11.7. The first-order chi connectivity index (χ1) is 11.1. The van der Waals surface area contributed by atoms with Crippen molar-refractivity contribution in [2.75, 3.05) is 33.4 Å². The van der Waals surface area contributed by atoms with E-state index in [9.17, 15) is 4.79 Å². The van der Waals surface area contributed by atoms with Crippen LogP contribution in [0.5, 0.6) is 0 Å². The quantitative estimate of drug-likeness (QED) is 0.359. The van der Waals surface area contributed by atoms with Crippen molar-refractivity contribution in [2.24, 2.45) is 16.8 Å². The lowest BCUT2D eigenvalue weighted by Crippen LogP contribution is -2.45. The molecule has 0 unspecified atom stereocenters. The standard InChI is InChI=1S/C17H34N4O2/c1-5-18-17(20-12-16(22)19-10-11-23-4)21-15-8-6-14(7-9-15)13(2)3/h13-15H,5-12H2,1-4H3,(H,19,22)(H2,18,20,21). The van der Waals surface area contributed by atoms with Crippen molar-refractivity contribution in [1.29, 1.82) is 0 Å². The number of amides is 1. The highest BCUT2D eigenvalue weighted by Crippen LogP contribution is 2.29. The highest BCUT2D eigenvalue weighted by molar-refractivity contribution is 5.85. The molecule has 6 nitrogen and oxygen atoms in total. The van der Waals surface area contributed by atoms with Gasteiger partial charge in [-0.1, -0.05) is 13.8 Å². The van der Waals surface area contributed by atoms with Gasteiger partial charge < -0.3 is 20.7 Å². The molecule has 1 aliphatic rings. The Hall–Kier alpha value is -1.30. The molecule has 0 radical (unpaired) electrons. The van der Waals surface area contributed by atoms with E-state index in [1.807, 2.05) is 6.92 Å². The summed E-state index contributed by atoms with van der Waals surface area (Å²) in [4.78, 5) is 16.1. The number of carbonyl (C=O) groups excluding carboxylic acids is 1. The van der Waals surface area contributed by atoms with Gasteiger partial charge in [-0.3, -0.25) is 4.79 Å². The third-order valence-corrected chi connectivity index (χ3v) is 4.41. The van der Waals surface area contributed by atoms with Gasteiger partial charge in [0, 0.05) is 26.2 Å². The molecule has 6 heteroatoms. The lowest BCUT2D eigenvalue weighted by atomic mass is 9.80. The van der Waals surface area contributed by atoms with Gasteiger partial charge in [0.15, 0.2) is 5.96 Å². The van der Waals surface area contributed by atoms with Crippen molar-refractivity contribution in [3.05, 3.63) is 0 Å². The third kappa shape index (κ3) is 8.21. The maximum atomic E-state index is 11.7. The molecular weight excluding hydrogens is 292 g/mol. The molecule has 0 heterocycles. The highest BCUT2D eigenvalue weighted by atomic mass is 16.5. The maximum Gasteiger partial charge on any atom is 0.241 e. The predicted octanol–water partition coefficient (Wildman–Crippen LogP) is 1.52. The second kappa shape index (κ2) is 11.3. The molecule has 1 amide bonds. The predicted molar refractivity (Wildman–Crippen MR) is 94.6 cm³/mol. The monoisotopic (exact) mass is 326 g/mol. The summed E-state index contributed by atoms with van der Waals surface area (Å²) in [5.41, 5.74) is 0. The summed E-state index contributed by atoms with van der Waals surface area (Å²) in [7, 11) is 1.62. The van der Waals surface area contributed by atoms with Crippen LogP contribution in [-0.4, -0.2) is 51.3 Å². The van der Waals surface area contributed by atoms with Gasteiger partial charge in [-0.15, -0.1) is 0 Å². The Labute approximate surface area is 140 Å². The van der Waals surface area contributed by atoms with Gasteiger partial charge >= 0.3 is 0 Å². The van der Waals surface area contributed by atoms with E-state index >= 15 is 0 Å². The summed E-state index contributed by atoms with van der Waals surface area (Å²) in [5.74, 6) is 2.28. The number of methoxy groups -OCH3 is 1. The van der Waals surface area contributed by atoms with Gasteiger partial charge in [-0.2, -0.15) is 0 Å². The highest BCUT2D eigenvalue weighted by Gasteiger charge is 2.23. The molecule has 23 heavy (non-hydrogen) atoms. The molecule has 0 atom stereocenters. The number of nitrogens with zero attached hydrogens (tertiary/aromatic N) is 1. The molecule has 134 valence electrons. The van der Waals surface area contributed by atoms with Gasteiger partial charge in [-0.05, 0) is 44.4 Å². The molecule has 1 fully saturated rings.